The minimum Gasteiger partial charge on any atom is -0.332 e. The lowest BCUT2D eigenvalue weighted by molar-refractivity contribution is 0.422. The van der Waals surface area contributed by atoms with E-state index in [9.17, 15) is 0 Å². The van der Waals surface area contributed by atoms with E-state index in [4.69, 9.17) is 4.52 Å². The van der Waals surface area contributed by atoms with E-state index in [1.807, 2.05) is 17.8 Å². The van der Waals surface area contributed by atoms with Crippen LogP contribution in [0.2, 0.25) is 0 Å². The van der Waals surface area contributed by atoms with Crippen molar-refractivity contribution in [2.24, 2.45) is 0 Å². The van der Waals surface area contributed by atoms with Crippen LogP contribution in [0.5, 0.6) is 0 Å². The molecule has 1 N–H and O–H groups in total. The molecule has 7 heteroatoms. The third-order valence-electron chi connectivity index (χ3n) is 2.92. The highest BCUT2D eigenvalue weighted by atomic mass is 16.5. The van der Waals surface area contributed by atoms with Gasteiger partial charge in [-0.1, -0.05) is 17.3 Å². The summed E-state index contributed by atoms with van der Waals surface area (Å²) in [5, 5.41) is 15.3. The molecule has 0 bridgehead atoms. The lowest BCUT2D eigenvalue weighted by atomic mass is 10.3. The highest BCUT2D eigenvalue weighted by molar-refractivity contribution is 5.43. The van der Waals surface area contributed by atoms with E-state index in [1.54, 1.807) is 0 Å². The highest BCUT2D eigenvalue weighted by Crippen LogP contribution is 2.18. The zero-order valence-electron chi connectivity index (χ0n) is 9.63. The maximum atomic E-state index is 5.12. The molecule has 1 saturated heterocycles. The molecular weight excluding hydrogens is 220 g/mol. The summed E-state index contributed by atoms with van der Waals surface area (Å²) in [6, 6.07) is 0.379. The van der Waals surface area contributed by atoms with Gasteiger partial charge in [-0.25, -0.2) is 4.68 Å². The second-order valence-electron chi connectivity index (χ2n) is 4.10. The van der Waals surface area contributed by atoms with Crippen LogP contribution in [0.4, 0.5) is 0 Å². The Balaban J connectivity index is 1.83. The van der Waals surface area contributed by atoms with Gasteiger partial charge in [0.15, 0.2) is 11.5 Å². The first kappa shape index (κ1) is 10.4. The van der Waals surface area contributed by atoms with Crippen molar-refractivity contribution < 1.29 is 4.52 Å². The van der Waals surface area contributed by atoms with Gasteiger partial charge >= 0.3 is 0 Å². The Morgan fingerprint density at radius 3 is 3.24 bits per heavy atom. The quantitative estimate of drug-likeness (QED) is 0.829. The molecule has 1 fully saturated rings. The molecule has 2 aromatic heterocycles. The van der Waals surface area contributed by atoms with Crippen molar-refractivity contribution in [3.63, 3.8) is 0 Å². The molecule has 7 nitrogen and oxygen atoms in total. The van der Waals surface area contributed by atoms with Crippen molar-refractivity contribution in [2.45, 2.75) is 25.8 Å². The second-order valence-corrected chi connectivity index (χ2v) is 4.10. The molecule has 1 unspecified atom stereocenters. The fourth-order valence-corrected chi connectivity index (χ4v) is 1.92. The Labute approximate surface area is 98.2 Å². The Bertz CT molecular complexity index is 498. The average Bonchev–Trinajstić information content (AvgIpc) is 3.09. The molecule has 0 aromatic carbocycles. The number of nitrogens with one attached hydrogen (secondary N) is 1. The Hall–Kier alpha value is -1.76. The maximum absolute atomic E-state index is 5.12. The fraction of sp³-hybridized carbons (Fsp3) is 0.600. The molecule has 0 radical (unpaired) electrons. The van der Waals surface area contributed by atoms with Crippen molar-refractivity contribution in [1.82, 2.24) is 30.5 Å². The molecular formula is C10H14N6O. The van der Waals surface area contributed by atoms with Crippen LogP contribution in [0.1, 0.15) is 25.2 Å². The number of hydrogen-bond acceptors (Lipinski definition) is 6. The molecule has 0 amide bonds. The SMILES string of the molecule is CCc1noc(-c2cn(C3CCNC3)nn2)n1. The predicted molar refractivity (Wildman–Crippen MR) is 59.2 cm³/mol. The van der Waals surface area contributed by atoms with Crippen LogP contribution >= 0.6 is 0 Å². The third kappa shape index (κ3) is 1.93. The Morgan fingerprint density at radius 1 is 1.59 bits per heavy atom. The average molecular weight is 234 g/mol. The van der Waals surface area contributed by atoms with Gasteiger partial charge in [0.2, 0.25) is 0 Å². The highest BCUT2D eigenvalue weighted by Gasteiger charge is 2.19. The van der Waals surface area contributed by atoms with E-state index in [1.165, 1.54) is 0 Å². The zero-order chi connectivity index (χ0) is 11.7. The van der Waals surface area contributed by atoms with Gasteiger partial charge in [0, 0.05) is 13.0 Å². The standard InChI is InChI=1S/C10H14N6O/c1-2-9-12-10(17-14-9)8-6-16(15-13-8)7-3-4-11-5-7/h6-7,11H,2-5H2,1H3. The number of aryl methyl sites for hydroxylation is 1. The van der Waals surface area contributed by atoms with Crippen LogP contribution in [0.15, 0.2) is 10.7 Å². The minimum atomic E-state index is 0.379. The van der Waals surface area contributed by atoms with Gasteiger partial charge < -0.3 is 9.84 Å². The van der Waals surface area contributed by atoms with Crippen molar-refractivity contribution in [2.75, 3.05) is 13.1 Å². The number of hydrogen-bond donors (Lipinski definition) is 1. The third-order valence-corrected chi connectivity index (χ3v) is 2.92. The largest absolute Gasteiger partial charge is 0.332 e. The number of rotatable bonds is 3. The van der Waals surface area contributed by atoms with Crippen molar-refractivity contribution >= 4 is 0 Å². The first-order valence-electron chi connectivity index (χ1n) is 5.82. The van der Waals surface area contributed by atoms with E-state index in [0.717, 1.165) is 25.9 Å². The molecule has 1 atom stereocenters. The van der Waals surface area contributed by atoms with Gasteiger partial charge in [-0.15, -0.1) is 5.10 Å². The fourth-order valence-electron chi connectivity index (χ4n) is 1.92. The summed E-state index contributed by atoms with van der Waals surface area (Å²) in [5.74, 6) is 1.14. The summed E-state index contributed by atoms with van der Waals surface area (Å²) in [7, 11) is 0. The molecule has 1 aliphatic heterocycles. The number of nitrogens with zero attached hydrogens (tertiary/aromatic N) is 5. The topological polar surface area (TPSA) is 81.7 Å². The van der Waals surface area contributed by atoms with E-state index in [2.05, 4.69) is 25.8 Å². The van der Waals surface area contributed by atoms with E-state index < -0.39 is 0 Å². The molecule has 3 rings (SSSR count). The summed E-state index contributed by atoms with van der Waals surface area (Å²) >= 11 is 0. The Morgan fingerprint density at radius 2 is 2.53 bits per heavy atom. The van der Waals surface area contributed by atoms with Crippen LogP contribution in [-0.4, -0.2) is 38.2 Å². The van der Waals surface area contributed by atoms with Gasteiger partial charge in [-0.05, 0) is 13.0 Å². The number of aromatic nitrogens is 5. The summed E-state index contributed by atoms with van der Waals surface area (Å²) < 4.78 is 6.99. The smallest absolute Gasteiger partial charge is 0.280 e. The summed E-state index contributed by atoms with van der Waals surface area (Å²) in [4.78, 5) is 4.23. The van der Waals surface area contributed by atoms with Gasteiger partial charge in [-0.2, -0.15) is 4.98 Å². The monoisotopic (exact) mass is 234 g/mol. The van der Waals surface area contributed by atoms with Crippen molar-refractivity contribution in [3.05, 3.63) is 12.0 Å². The molecule has 0 aliphatic carbocycles. The molecule has 2 aromatic rings. The van der Waals surface area contributed by atoms with Crippen LogP contribution in [-0.2, 0) is 6.42 Å². The summed E-state index contributed by atoms with van der Waals surface area (Å²) in [5.41, 5.74) is 0.643. The van der Waals surface area contributed by atoms with E-state index in [-0.39, 0.29) is 0 Å². The van der Waals surface area contributed by atoms with Gasteiger partial charge in [0.1, 0.15) is 0 Å². The normalized spacial score (nSPS) is 19.9. The van der Waals surface area contributed by atoms with Gasteiger partial charge in [0.25, 0.3) is 5.89 Å². The van der Waals surface area contributed by atoms with Gasteiger partial charge in [-0.3, -0.25) is 0 Å². The summed E-state index contributed by atoms with van der Waals surface area (Å²) in [6.45, 7) is 3.95. The maximum Gasteiger partial charge on any atom is 0.280 e. The van der Waals surface area contributed by atoms with Gasteiger partial charge in [0.05, 0.1) is 12.2 Å². The molecule has 0 spiro atoms. The van der Waals surface area contributed by atoms with Crippen molar-refractivity contribution in [1.29, 1.82) is 0 Å². The molecule has 90 valence electrons. The Kier molecular flexibility index (Phi) is 2.60. The zero-order valence-corrected chi connectivity index (χ0v) is 9.63. The van der Waals surface area contributed by atoms with Crippen molar-refractivity contribution in [3.8, 4) is 11.6 Å². The molecule has 1 aliphatic rings. The first-order chi connectivity index (χ1) is 8.36. The summed E-state index contributed by atoms with van der Waals surface area (Å²) in [6.07, 6.45) is 3.70. The lowest BCUT2D eigenvalue weighted by Crippen LogP contribution is -2.13. The predicted octanol–water partition coefficient (Wildman–Crippen LogP) is 0.425. The van der Waals surface area contributed by atoms with Crippen LogP contribution in [0.25, 0.3) is 11.6 Å². The van der Waals surface area contributed by atoms with Crippen LogP contribution < -0.4 is 5.32 Å². The molecule has 17 heavy (non-hydrogen) atoms. The molecule has 0 saturated carbocycles. The van der Waals surface area contributed by atoms with E-state index >= 15 is 0 Å². The second kappa shape index (κ2) is 4.25. The lowest BCUT2D eigenvalue weighted by Gasteiger charge is -2.05. The van der Waals surface area contributed by atoms with Crippen LogP contribution in [0.3, 0.4) is 0 Å². The minimum absolute atomic E-state index is 0.379. The first-order valence-corrected chi connectivity index (χ1v) is 5.82. The van der Waals surface area contributed by atoms with E-state index in [0.29, 0.717) is 23.5 Å². The van der Waals surface area contributed by atoms with Crippen LogP contribution in [0, 0.1) is 0 Å². The molecule has 3 heterocycles.